The fourth-order valence-electron chi connectivity index (χ4n) is 2.43. The number of nitrogens with one attached hydrogen (secondary N) is 2. The molecule has 0 bridgehead atoms. The molecule has 0 aromatic heterocycles. The lowest BCUT2D eigenvalue weighted by molar-refractivity contribution is 0.00379. The smallest absolute Gasteiger partial charge is 0.408 e. The average molecular weight is 214 g/mol. The van der Waals surface area contributed by atoms with E-state index in [9.17, 15) is 4.79 Å². The molecule has 0 aromatic rings. The Morgan fingerprint density at radius 1 is 1.53 bits per heavy atom. The molecule has 2 heterocycles. The number of methoxy groups -OCH3 is 1. The average Bonchev–Trinajstić information content (AvgIpc) is 2.53. The number of piperidine rings is 1. The SMILES string of the molecule is COCCC1NC(=O)OC12CCNCC2. The van der Waals surface area contributed by atoms with Crippen molar-refractivity contribution in [3.63, 3.8) is 0 Å². The Morgan fingerprint density at radius 2 is 2.27 bits per heavy atom. The summed E-state index contributed by atoms with van der Waals surface area (Å²) in [5, 5.41) is 6.16. The molecule has 86 valence electrons. The summed E-state index contributed by atoms with van der Waals surface area (Å²) in [6.45, 7) is 2.49. The highest BCUT2D eigenvalue weighted by atomic mass is 16.6. The topological polar surface area (TPSA) is 59.6 Å². The first kappa shape index (κ1) is 10.7. The van der Waals surface area contributed by atoms with Crippen molar-refractivity contribution in [2.75, 3.05) is 26.8 Å². The molecule has 1 unspecified atom stereocenters. The first-order valence-corrected chi connectivity index (χ1v) is 5.46. The van der Waals surface area contributed by atoms with Crippen LogP contribution in [-0.4, -0.2) is 44.5 Å². The standard InChI is InChI=1S/C10H18N2O3/c1-14-7-2-8-10(15-9(13)12-8)3-5-11-6-4-10/h8,11H,2-7H2,1H3,(H,12,13). The second kappa shape index (κ2) is 4.37. The third kappa shape index (κ3) is 2.08. The maximum absolute atomic E-state index is 11.3. The summed E-state index contributed by atoms with van der Waals surface area (Å²) >= 11 is 0. The number of carbonyl (C=O) groups excluding carboxylic acids is 1. The van der Waals surface area contributed by atoms with Crippen LogP contribution in [0.5, 0.6) is 0 Å². The minimum atomic E-state index is -0.291. The molecular formula is C10H18N2O3. The molecule has 2 aliphatic rings. The number of carbonyl (C=O) groups is 1. The van der Waals surface area contributed by atoms with Crippen molar-refractivity contribution in [2.24, 2.45) is 0 Å². The van der Waals surface area contributed by atoms with Gasteiger partial charge in [-0.1, -0.05) is 0 Å². The van der Waals surface area contributed by atoms with Crippen molar-refractivity contribution in [2.45, 2.75) is 30.9 Å². The van der Waals surface area contributed by atoms with Crippen LogP contribution in [0.3, 0.4) is 0 Å². The molecule has 0 aliphatic carbocycles. The quantitative estimate of drug-likeness (QED) is 0.707. The molecule has 2 fully saturated rings. The Bertz CT molecular complexity index is 239. The van der Waals surface area contributed by atoms with Gasteiger partial charge in [0, 0.05) is 26.6 Å². The van der Waals surface area contributed by atoms with Gasteiger partial charge in [-0.15, -0.1) is 0 Å². The summed E-state index contributed by atoms with van der Waals surface area (Å²) in [5.74, 6) is 0. The van der Waals surface area contributed by atoms with Crippen molar-refractivity contribution < 1.29 is 14.3 Å². The van der Waals surface area contributed by atoms with Crippen LogP contribution in [0.2, 0.25) is 0 Å². The summed E-state index contributed by atoms with van der Waals surface area (Å²) in [6.07, 6.45) is 2.32. The van der Waals surface area contributed by atoms with Gasteiger partial charge in [-0.3, -0.25) is 0 Å². The van der Waals surface area contributed by atoms with E-state index >= 15 is 0 Å². The third-order valence-electron chi connectivity index (χ3n) is 3.28. The molecule has 2 saturated heterocycles. The normalized spacial score (nSPS) is 28.9. The van der Waals surface area contributed by atoms with E-state index in [1.165, 1.54) is 0 Å². The van der Waals surface area contributed by atoms with Gasteiger partial charge in [0.05, 0.1) is 6.04 Å². The van der Waals surface area contributed by atoms with E-state index in [0.717, 1.165) is 32.4 Å². The monoisotopic (exact) mass is 214 g/mol. The number of hydrogen-bond acceptors (Lipinski definition) is 4. The summed E-state index contributed by atoms with van der Waals surface area (Å²) < 4.78 is 10.5. The van der Waals surface area contributed by atoms with Crippen LogP contribution in [0.1, 0.15) is 19.3 Å². The van der Waals surface area contributed by atoms with E-state index in [1.807, 2.05) is 0 Å². The van der Waals surface area contributed by atoms with E-state index in [2.05, 4.69) is 10.6 Å². The lowest BCUT2D eigenvalue weighted by Crippen LogP contribution is -2.51. The van der Waals surface area contributed by atoms with E-state index in [4.69, 9.17) is 9.47 Å². The zero-order chi connectivity index (χ0) is 10.7. The highest BCUT2D eigenvalue weighted by molar-refractivity contribution is 5.71. The molecular weight excluding hydrogens is 196 g/mol. The molecule has 15 heavy (non-hydrogen) atoms. The third-order valence-corrected chi connectivity index (χ3v) is 3.28. The van der Waals surface area contributed by atoms with Gasteiger partial charge in [-0.25, -0.2) is 4.79 Å². The molecule has 1 spiro atoms. The van der Waals surface area contributed by atoms with Gasteiger partial charge in [-0.2, -0.15) is 0 Å². The molecule has 1 amide bonds. The zero-order valence-electron chi connectivity index (χ0n) is 9.04. The predicted molar refractivity (Wildman–Crippen MR) is 54.7 cm³/mol. The number of rotatable bonds is 3. The lowest BCUT2D eigenvalue weighted by Gasteiger charge is -2.36. The molecule has 2 N–H and O–H groups in total. The molecule has 0 saturated carbocycles. The molecule has 5 heteroatoms. The number of ether oxygens (including phenoxy) is 2. The van der Waals surface area contributed by atoms with E-state index in [1.54, 1.807) is 7.11 Å². The first-order chi connectivity index (χ1) is 7.27. The van der Waals surface area contributed by atoms with E-state index < -0.39 is 0 Å². The van der Waals surface area contributed by atoms with Crippen LogP contribution in [0.25, 0.3) is 0 Å². The molecule has 2 rings (SSSR count). The molecule has 5 nitrogen and oxygen atoms in total. The van der Waals surface area contributed by atoms with Gasteiger partial charge in [0.15, 0.2) is 0 Å². The van der Waals surface area contributed by atoms with Gasteiger partial charge >= 0.3 is 6.09 Å². The van der Waals surface area contributed by atoms with Crippen LogP contribution in [-0.2, 0) is 9.47 Å². The van der Waals surface area contributed by atoms with Crippen molar-refractivity contribution in [1.29, 1.82) is 0 Å². The van der Waals surface area contributed by atoms with Crippen LogP contribution in [0, 0.1) is 0 Å². The lowest BCUT2D eigenvalue weighted by atomic mass is 9.84. The summed E-state index contributed by atoms with van der Waals surface area (Å²) in [5.41, 5.74) is -0.291. The molecule has 0 aromatic carbocycles. The number of amides is 1. The van der Waals surface area contributed by atoms with Gasteiger partial charge in [0.25, 0.3) is 0 Å². The van der Waals surface area contributed by atoms with E-state index in [-0.39, 0.29) is 17.7 Å². The maximum Gasteiger partial charge on any atom is 0.408 e. The summed E-state index contributed by atoms with van der Waals surface area (Å²) in [4.78, 5) is 11.3. The Kier molecular flexibility index (Phi) is 3.11. The van der Waals surface area contributed by atoms with Crippen molar-refractivity contribution in [3.05, 3.63) is 0 Å². The van der Waals surface area contributed by atoms with Gasteiger partial charge in [0.1, 0.15) is 5.60 Å². The minimum Gasteiger partial charge on any atom is -0.441 e. The Labute approximate surface area is 89.5 Å². The van der Waals surface area contributed by atoms with Crippen LogP contribution < -0.4 is 10.6 Å². The molecule has 2 aliphatic heterocycles. The second-order valence-electron chi connectivity index (χ2n) is 4.18. The number of hydrogen-bond donors (Lipinski definition) is 2. The van der Waals surface area contributed by atoms with Gasteiger partial charge in [-0.05, 0) is 19.5 Å². The maximum atomic E-state index is 11.3. The first-order valence-electron chi connectivity index (χ1n) is 5.46. The largest absolute Gasteiger partial charge is 0.441 e. The summed E-state index contributed by atoms with van der Waals surface area (Å²) in [6, 6.07) is 0.104. The van der Waals surface area contributed by atoms with Crippen LogP contribution in [0.4, 0.5) is 4.79 Å². The van der Waals surface area contributed by atoms with Crippen LogP contribution in [0.15, 0.2) is 0 Å². The van der Waals surface area contributed by atoms with Crippen LogP contribution >= 0.6 is 0 Å². The van der Waals surface area contributed by atoms with E-state index in [0.29, 0.717) is 6.61 Å². The molecule has 1 atom stereocenters. The number of alkyl carbamates (subject to hydrolysis) is 1. The summed E-state index contributed by atoms with van der Waals surface area (Å²) in [7, 11) is 1.67. The Hall–Kier alpha value is -0.810. The van der Waals surface area contributed by atoms with Gasteiger partial charge < -0.3 is 20.1 Å². The Morgan fingerprint density at radius 3 is 2.93 bits per heavy atom. The fourth-order valence-corrected chi connectivity index (χ4v) is 2.43. The minimum absolute atomic E-state index is 0.104. The second-order valence-corrected chi connectivity index (χ2v) is 4.18. The van der Waals surface area contributed by atoms with Crippen molar-refractivity contribution in [1.82, 2.24) is 10.6 Å². The highest BCUT2D eigenvalue weighted by Gasteiger charge is 2.48. The predicted octanol–water partition coefficient (Wildman–Crippen LogP) is 0.254. The van der Waals surface area contributed by atoms with Crippen molar-refractivity contribution in [3.8, 4) is 0 Å². The zero-order valence-corrected chi connectivity index (χ0v) is 9.04. The fraction of sp³-hybridized carbons (Fsp3) is 0.900. The highest BCUT2D eigenvalue weighted by Crippen LogP contribution is 2.33. The van der Waals surface area contributed by atoms with Crippen molar-refractivity contribution >= 4 is 6.09 Å². The van der Waals surface area contributed by atoms with Gasteiger partial charge in [0.2, 0.25) is 0 Å². The Balaban J connectivity index is 2.02. The molecule has 0 radical (unpaired) electrons.